The quantitative estimate of drug-likeness (QED) is 0.858. The summed E-state index contributed by atoms with van der Waals surface area (Å²) in [5.41, 5.74) is 6.50. The Morgan fingerprint density at radius 2 is 2.17 bits per heavy atom. The molecule has 0 radical (unpaired) electrons. The zero-order valence-electron chi connectivity index (χ0n) is 10.4. The first-order valence-corrected chi connectivity index (χ1v) is 6.64. The maximum Gasteiger partial charge on any atom is 0.226 e. The standard InChI is InChI=1S/C13H18N4O/c14-13-15-7-6-10(16-13)11-5-2-8-17(11)12(18)9-3-1-4-9/h6-7,9,11H,1-5,8H2,(H2,14,15,16). The van der Waals surface area contributed by atoms with Crippen molar-refractivity contribution >= 4 is 11.9 Å². The van der Waals surface area contributed by atoms with Gasteiger partial charge in [0.25, 0.3) is 0 Å². The van der Waals surface area contributed by atoms with Gasteiger partial charge in [-0.2, -0.15) is 0 Å². The molecule has 1 saturated carbocycles. The minimum absolute atomic E-state index is 0.100. The molecule has 1 amide bonds. The summed E-state index contributed by atoms with van der Waals surface area (Å²) >= 11 is 0. The molecule has 18 heavy (non-hydrogen) atoms. The predicted octanol–water partition coefficient (Wildman–Crippen LogP) is 1.52. The average molecular weight is 246 g/mol. The molecule has 0 spiro atoms. The van der Waals surface area contributed by atoms with E-state index >= 15 is 0 Å². The molecule has 1 atom stereocenters. The number of nitrogen functional groups attached to an aromatic ring is 1. The van der Waals surface area contributed by atoms with Crippen LogP contribution in [0.5, 0.6) is 0 Å². The molecule has 2 heterocycles. The molecule has 1 aliphatic carbocycles. The van der Waals surface area contributed by atoms with Gasteiger partial charge in [0.2, 0.25) is 11.9 Å². The van der Waals surface area contributed by atoms with E-state index in [9.17, 15) is 4.79 Å². The lowest BCUT2D eigenvalue weighted by atomic mass is 9.84. The van der Waals surface area contributed by atoms with Crippen molar-refractivity contribution < 1.29 is 4.79 Å². The molecule has 2 N–H and O–H groups in total. The molecule has 1 saturated heterocycles. The van der Waals surface area contributed by atoms with E-state index in [0.29, 0.717) is 5.91 Å². The van der Waals surface area contributed by atoms with Crippen molar-refractivity contribution in [2.45, 2.75) is 38.1 Å². The van der Waals surface area contributed by atoms with Crippen LogP contribution in [-0.2, 0) is 4.79 Å². The lowest BCUT2D eigenvalue weighted by molar-refractivity contribution is -0.139. The third-order valence-corrected chi connectivity index (χ3v) is 4.03. The van der Waals surface area contributed by atoms with Crippen molar-refractivity contribution in [3.63, 3.8) is 0 Å². The highest BCUT2D eigenvalue weighted by Gasteiger charge is 2.36. The summed E-state index contributed by atoms with van der Waals surface area (Å²) in [5, 5.41) is 0. The normalized spacial score (nSPS) is 24.0. The molecule has 3 rings (SSSR count). The third kappa shape index (κ3) is 1.94. The van der Waals surface area contributed by atoms with Gasteiger partial charge in [0.1, 0.15) is 0 Å². The number of hydrogen-bond acceptors (Lipinski definition) is 4. The zero-order valence-corrected chi connectivity index (χ0v) is 10.4. The van der Waals surface area contributed by atoms with Gasteiger partial charge in [0.05, 0.1) is 11.7 Å². The molecule has 1 aliphatic heterocycles. The van der Waals surface area contributed by atoms with Crippen LogP contribution >= 0.6 is 0 Å². The molecule has 2 fully saturated rings. The first kappa shape index (κ1) is 11.4. The SMILES string of the molecule is Nc1nccc(C2CCCN2C(=O)C2CCC2)n1. The summed E-state index contributed by atoms with van der Waals surface area (Å²) in [6, 6.07) is 1.97. The van der Waals surface area contributed by atoms with Crippen LogP contribution in [0.15, 0.2) is 12.3 Å². The Bertz CT molecular complexity index is 458. The highest BCUT2D eigenvalue weighted by Crippen LogP contribution is 2.36. The highest BCUT2D eigenvalue weighted by molar-refractivity contribution is 5.80. The number of nitrogens with two attached hydrogens (primary N) is 1. The number of amides is 1. The highest BCUT2D eigenvalue weighted by atomic mass is 16.2. The van der Waals surface area contributed by atoms with Gasteiger partial charge in [-0.1, -0.05) is 6.42 Å². The van der Waals surface area contributed by atoms with Gasteiger partial charge in [-0.15, -0.1) is 0 Å². The minimum atomic E-state index is 0.100. The Morgan fingerprint density at radius 3 is 2.83 bits per heavy atom. The third-order valence-electron chi connectivity index (χ3n) is 4.03. The van der Waals surface area contributed by atoms with E-state index in [2.05, 4.69) is 9.97 Å². The fraction of sp³-hybridized carbons (Fsp3) is 0.615. The molecular weight excluding hydrogens is 228 g/mol. The first-order valence-electron chi connectivity index (χ1n) is 6.64. The zero-order chi connectivity index (χ0) is 12.5. The second-order valence-electron chi connectivity index (χ2n) is 5.16. The van der Waals surface area contributed by atoms with Gasteiger partial charge in [-0.25, -0.2) is 9.97 Å². The van der Waals surface area contributed by atoms with Gasteiger partial charge in [0, 0.05) is 18.7 Å². The van der Waals surface area contributed by atoms with Gasteiger partial charge in [0.15, 0.2) is 0 Å². The summed E-state index contributed by atoms with van der Waals surface area (Å²) < 4.78 is 0. The van der Waals surface area contributed by atoms with Crippen molar-refractivity contribution in [1.29, 1.82) is 0 Å². The molecule has 1 aromatic heterocycles. The Hall–Kier alpha value is -1.65. The Balaban J connectivity index is 1.80. The van der Waals surface area contributed by atoms with Gasteiger partial charge < -0.3 is 10.6 Å². The van der Waals surface area contributed by atoms with Crippen LogP contribution in [-0.4, -0.2) is 27.3 Å². The molecule has 1 aromatic rings. The number of carbonyl (C=O) groups excluding carboxylic acids is 1. The predicted molar refractivity (Wildman–Crippen MR) is 67.5 cm³/mol. The number of aromatic nitrogens is 2. The molecule has 1 unspecified atom stereocenters. The second kappa shape index (κ2) is 4.55. The monoisotopic (exact) mass is 246 g/mol. The van der Waals surface area contributed by atoms with Crippen molar-refractivity contribution in [2.75, 3.05) is 12.3 Å². The van der Waals surface area contributed by atoms with E-state index in [1.165, 1.54) is 6.42 Å². The molecule has 96 valence electrons. The molecule has 5 nitrogen and oxygen atoms in total. The van der Waals surface area contributed by atoms with Crippen LogP contribution in [0.1, 0.15) is 43.8 Å². The van der Waals surface area contributed by atoms with Crippen LogP contribution in [0, 0.1) is 5.92 Å². The lowest BCUT2D eigenvalue weighted by Crippen LogP contribution is -2.38. The van der Waals surface area contributed by atoms with Gasteiger partial charge >= 0.3 is 0 Å². The van der Waals surface area contributed by atoms with Crippen molar-refractivity contribution in [3.05, 3.63) is 18.0 Å². The van der Waals surface area contributed by atoms with Crippen molar-refractivity contribution in [3.8, 4) is 0 Å². The summed E-state index contributed by atoms with van der Waals surface area (Å²) in [6.45, 7) is 0.851. The molecular formula is C13H18N4O. The Kier molecular flexibility index (Phi) is 2.89. The second-order valence-corrected chi connectivity index (χ2v) is 5.16. The van der Waals surface area contributed by atoms with E-state index < -0.39 is 0 Å². The summed E-state index contributed by atoms with van der Waals surface area (Å²) in [6.07, 6.45) is 6.99. The van der Waals surface area contributed by atoms with Crippen LogP contribution in [0.3, 0.4) is 0 Å². The van der Waals surface area contributed by atoms with Crippen LogP contribution < -0.4 is 5.73 Å². The van der Waals surface area contributed by atoms with E-state index in [1.54, 1.807) is 6.20 Å². The van der Waals surface area contributed by atoms with Crippen LogP contribution in [0.25, 0.3) is 0 Å². The number of rotatable bonds is 2. The fourth-order valence-electron chi connectivity index (χ4n) is 2.80. The first-order chi connectivity index (χ1) is 8.75. The largest absolute Gasteiger partial charge is 0.368 e. The number of likely N-dealkylation sites (tertiary alicyclic amines) is 1. The van der Waals surface area contributed by atoms with E-state index in [1.807, 2.05) is 11.0 Å². The molecule has 0 aromatic carbocycles. The summed E-state index contributed by atoms with van der Waals surface area (Å²) in [7, 11) is 0. The van der Waals surface area contributed by atoms with E-state index in [4.69, 9.17) is 5.73 Å². The molecule has 5 heteroatoms. The van der Waals surface area contributed by atoms with Crippen LogP contribution in [0.4, 0.5) is 5.95 Å². The molecule has 2 aliphatic rings. The summed E-state index contributed by atoms with van der Waals surface area (Å²) in [5.74, 6) is 0.848. The number of hydrogen-bond donors (Lipinski definition) is 1. The van der Waals surface area contributed by atoms with Crippen LogP contribution in [0.2, 0.25) is 0 Å². The average Bonchev–Trinajstić information content (AvgIpc) is 2.75. The van der Waals surface area contributed by atoms with Crippen molar-refractivity contribution in [2.24, 2.45) is 5.92 Å². The number of nitrogens with zero attached hydrogens (tertiary/aromatic N) is 3. The smallest absolute Gasteiger partial charge is 0.226 e. The Labute approximate surface area is 106 Å². The van der Waals surface area contributed by atoms with Gasteiger partial charge in [-0.3, -0.25) is 4.79 Å². The molecule has 0 bridgehead atoms. The maximum absolute atomic E-state index is 12.3. The Morgan fingerprint density at radius 1 is 1.33 bits per heavy atom. The van der Waals surface area contributed by atoms with E-state index in [-0.39, 0.29) is 17.9 Å². The lowest BCUT2D eigenvalue weighted by Gasteiger charge is -2.32. The number of carbonyl (C=O) groups is 1. The fourth-order valence-corrected chi connectivity index (χ4v) is 2.80. The van der Waals surface area contributed by atoms with Gasteiger partial charge in [-0.05, 0) is 31.7 Å². The van der Waals surface area contributed by atoms with Crippen molar-refractivity contribution in [1.82, 2.24) is 14.9 Å². The summed E-state index contributed by atoms with van der Waals surface area (Å²) in [4.78, 5) is 22.5. The maximum atomic E-state index is 12.3. The number of anilines is 1. The topological polar surface area (TPSA) is 72.1 Å². The minimum Gasteiger partial charge on any atom is -0.368 e. The van der Waals surface area contributed by atoms with E-state index in [0.717, 1.165) is 37.9 Å².